The van der Waals surface area contributed by atoms with Gasteiger partial charge in [0.1, 0.15) is 6.61 Å². The molecule has 1 fully saturated rings. The summed E-state index contributed by atoms with van der Waals surface area (Å²) in [6.45, 7) is 2.35. The standard InChI is InChI=1S/C18H26F3N3OS/c1-17(7-4-8-26-17)12-24-16(22-2)23-10-14-5-3-6-15(9-14)11-25-13-18(19,20)21/h3,5-6,9H,4,7-8,10-13H2,1-2H3,(H2,22,23,24). The van der Waals surface area contributed by atoms with Gasteiger partial charge in [0.05, 0.1) is 6.61 Å². The number of nitrogens with one attached hydrogen (secondary N) is 2. The monoisotopic (exact) mass is 389 g/mol. The first kappa shape index (κ1) is 20.9. The highest BCUT2D eigenvalue weighted by molar-refractivity contribution is 8.00. The maximum absolute atomic E-state index is 12.1. The molecule has 0 spiro atoms. The van der Waals surface area contributed by atoms with Crippen molar-refractivity contribution >= 4 is 17.7 Å². The first-order chi connectivity index (χ1) is 12.3. The van der Waals surface area contributed by atoms with E-state index in [1.54, 1.807) is 13.1 Å². The fourth-order valence-corrected chi connectivity index (χ4v) is 4.01. The summed E-state index contributed by atoms with van der Waals surface area (Å²) in [5.74, 6) is 1.92. The van der Waals surface area contributed by atoms with E-state index in [1.807, 2.05) is 30.0 Å². The topological polar surface area (TPSA) is 45.7 Å². The number of aliphatic imine (C=N–C) groups is 1. The van der Waals surface area contributed by atoms with Crippen molar-refractivity contribution in [1.29, 1.82) is 0 Å². The van der Waals surface area contributed by atoms with Crippen molar-refractivity contribution in [2.24, 2.45) is 4.99 Å². The van der Waals surface area contributed by atoms with Crippen molar-refractivity contribution in [2.75, 3.05) is 26.0 Å². The van der Waals surface area contributed by atoms with Gasteiger partial charge in [-0.2, -0.15) is 24.9 Å². The molecule has 0 bridgehead atoms. The van der Waals surface area contributed by atoms with E-state index < -0.39 is 12.8 Å². The Balaban J connectivity index is 1.79. The molecule has 8 heteroatoms. The molecule has 1 atom stereocenters. The number of nitrogens with zero attached hydrogens (tertiary/aromatic N) is 1. The molecular formula is C18H26F3N3OS. The van der Waals surface area contributed by atoms with Gasteiger partial charge in [0.2, 0.25) is 0 Å². The quantitative estimate of drug-likeness (QED) is 0.551. The van der Waals surface area contributed by atoms with Crippen LogP contribution in [0, 0.1) is 0 Å². The van der Waals surface area contributed by atoms with Crippen LogP contribution in [0.15, 0.2) is 29.3 Å². The third kappa shape index (κ3) is 7.45. The molecule has 146 valence electrons. The van der Waals surface area contributed by atoms with Gasteiger partial charge in [-0.3, -0.25) is 4.99 Å². The van der Waals surface area contributed by atoms with Gasteiger partial charge >= 0.3 is 6.18 Å². The predicted molar refractivity (Wildman–Crippen MR) is 100 cm³/mol. The summed E-state index contributed by atoms with van der Waals surface area (Å²) in [6, 6.07) is 7.33. The van der Waals surface area contributed by atoms with Crippen LogP contribution < -0.4 is 10.6 Å². The zero-order valence-corrected chi connectivity index (χ0v) is 16.0. The fourth-order valence-electron chi connectivity index (χ4n) is 2.77. The Bertz CT molecular complexity index is 602. The Morgan fingerprint density at radius 2 is 2.08 bits per heavy atom. The van der Waals surface area contributed by atoms with E-state index in [1.165, 1.54) is 18.6 Å². The van der Waals surface area contributed by atoms with Crippen LogP contribution in [0.4, 0.5) is 13.2 Å². The Morgan fingerprint density at radius 1 is 1.31 bits per heavy atom. The van der Waals surface area contributed by atoms with Crippen LogP contribution in [0.3, 0.4) is 0 Å². The predicted octanol–water partition coefficient (Wildman–Crippen LogP) is 3.72. The van der Waals surface area contributed by atoms with Crippen LogP contribution in [0.1, 0.15) is 30.9 Å². The zero-order valence-electron chi connectivity index (χ0n) is 15.2. The van der Waals surface area contributed by atoms with Crippen LogP contribution in [0.25, 0.3) is 0 Å². The Labute approximate surface area is 157 Å². The summed E-state index contributed by atoms with van der Waals surface area (Å²) in [5, 5.41) is 6.60. The highest BCUT2D eigenvalue weighted by Crippen LogP contribution is 2.36. The highest BCUT2D eigenvalue weighted by Gasteiger charge is 2.29. The SMILES string of the molecule is CN=C(NCc1cccc(COCC(F)(F)F)c1)NCC1(C)CCCS1. The van der Waals surface area contributed by atoms with Crippen LogP contribution in [0.5, 0.6) is 0 Å². The second-order valence-electron chi connectivity index (χ2n) is 6.61. The number of ether oxygens (including phenoxy) is 1. The third-order valence-corrected chi connectivity index (χ3v) is 5.68. The van der Waals surface area contributed by atoms with Gasteiger partial charge in [0.15, 0.2) is 5.96 Å². The molecule has 2 N–H and O–H groups in total. The Hall–Kier alpha value is -1.41. The van der Waals surface area contributed by atoms with Crippen molar-refractivity contribution in [3.63, 3.8) is 0 Å². The minimum atomic E-state index is -4.30. The van der Waals surface area contributed by atoms with Gasteiger partial charge in [-0.25, -0.2) is 0 Å². The Kier molecular flexibility index (Phi) is 7.64. The van der Waals surface area contributed by atoms with Crippen molar-refractivity contribution < 1.29 is 17.9 Å². The lowest BCUT2D eigenvalue weighted by Gasteiger charge is -2.24. The van der Waals surface area contributed by atoms with Crippen LogP contribution in [-0.4, -0.2) is 42.8 Å². The first-order valence-electron chi connectivity index (χ1n) is 8.60. The molecule has 0 saturated carbocycles. The molecule has 0 aromatic heterocycles. The fraction of sp³-hybridized carbons (Fsp3) is 0.611. The van der Waals surface area contributed by atoms with Crippen LogP contribution >= 0.6 is 11.8 Å². The second-order valence-corrected chi connectivity index (χ2v) is 8.29. The minimum absolute atomic E-state index is 0.0596. The average Bonchev–Trinajstić information content (AvgIpc) is 3.01. The normalized spacial score (nSPS) is 21.0. The highest BCUT2D eigenvalue weighted by atomic mass is 32.2. The van der Waals surface area contributed by atoms with Crippen molar-refractivity contribution in [1.82, 2.24) is 10.6 Å². The molecule has 2 rings (SSSR count). The molecule has 1 aromatic carbocycles. The minimum Gasteiger partial charge on any atom is -0.367 e. The van der Waals surface area contributed by atoms with Gasteiger partial charge in [-0.15, -0.1) is 0 Å². The van der Waals surface area contributed by atoms with Crippen LogP contribution in [0.2, 0.25) is 0 Å². The van der Waals surface area contributed by atoms with Gasteiger partial charge in [0, 0.05) is 24.9 Å². The molecule has 4 nitrogen and oxygen atoms in total. The number of alkyl halides is 3. The Morgan fingerprint density at radius 3 is 2.73 bits per heavy atom. The number of halogens is 3. The molecule has 1 aromatic rings. The molecule has 0 amide bonds. The van der Waals surface area contributed by atoms with Crippen molar-refractivity contribution in [2.45, 2.75) is 43.8 Å². The maximum Gasteiger partial charge on any atom is 0.411 e. The van der Waals surface area contributed by atoms with Crippen LogP contribution in [-0.2, 0) is 17.9 Å². The number of hydrogen-bond donors (Lipinski definition) is 2. The maximum atomic E-state index is 12.1. The lowest BCUT2D eigenvalue weighted by atomic mass is 10.1. The van der Waals surface area contributed by atoms with E-state index in [0.29, 0.717) is 12.1 Å². The third-order valence-electron chi connectivity index (χ3n) is 4.14. The van der Waals surface area contributed by atoms with E-state index in [9.17, 15) is 13.2 Å². The molecule has 0 radical (unpaired) electrons. The molecule has 1 unspecified atom stereocenters. The number of benzene rings is 1. The van der Waals surface area contributed by atoms with Gasteiger partial charge in [-0.05, 0) is 36.6 Å². The number of rotatable bonds is 7. The number of guanidine groups is 1. The molecule has 1 saturated heterocycles. The van der Waals surface area contributed by atoms with E-state index >= 15 is 0 Å². The summed E-state index contributed by atoms with van der Waals surface area (Å²) in [7, 11) is 1.72. The summed E-state index contributed by atoms with van der Waals surface area (Å²) < 4.78 is 41.4. The summed E-state index contributed by atoms with van der Waals surface area (Å²) in [4.78, 5) is 4.23. The molecule has 26 heavy (non-hydrogen) atoms. The summed E-state index contributed by atoms with van der Waals surface area (Å²) in [6.07, 6.45) is -1.86. The lowest BCUT2D eigenvalue weighted by molar-refractivity contribution is -0.176. The molecule has 1 aliphatic heterocycles. The molecule has 1 heterocycles. The van der Waals surface area contributed by atoms with E-state index in [4.69, 9.17) is 4.74 Å². The van der Waals surface area contributed by atoms with E-state index in [0.717, 1.165) is 18.1 Å². The smallest absolute Gasteiger partial charge is 0.367 e. The summed E-state index contributed by atoms with van der Waals surface area (Å²) in [5.41, 5.74) is 1.67. The van der Waals surface area contributed by atoms with E-state index in [-0.39, 0.29) is 11.4 Å². The number of thioether (sulfide) groups is 1. The molecular weight excluding hydrogens is 363 g/mol. The van der Waals surface area contributed by atoms with Crippen molar-refractivity contribution in [3.8, 4) is 0 Å². The molecule has 1 aliphatic rings. The van der Waals surface area contributed by atoms with E-state index in [2.05, 4.69) is 22.5 Å². The van der Waals surface area contributed by atoms with Crippen molar-refractivity contribution in [3.05, 3.63) is 35.4 Å². The first-order valence-corrected chi connectivity index (χ1v) is 9.59. The summed E-state index contributed by atoms with van der Waals surface area (Å²) >= 11 is 1.98. The van der Waals surface area contributed by atoms with Gasteiger partial charge in [0.25, 0.3) is 0 Å². The second kappa shape index (κ2) is 9.50. The average molecular weight is 389 g/mol. The van der Waals surface area contributed by atoms with Gasteiger partial charge in [-0.1, -0.05) is 24.3 Å². The van der Waals surface area contributed by atoms with Gasteiger partial charge < -0.3 is 15.4 Å². The zero-order chi connectivity index (χ0) is 19.0. The largest absolute Gasteiger partial charge is 0.411 e. The molecule has 0 aliphatic carbocycles. The lowest BCUT2D eigenvalue weighted by Crippen LogP contribution is -2.43. The number of hydrogen-bond acceptors (Lipinski definition) is 3.